The number of carboxylic acids is 1. The summed E-state index contributed by atoms with van der Waals surface area (Å²) in [6.45, 7) is -0.578. The highest BCUT2D eigenvalue weighted by Gasteiger charge is 2.20. The summed E-state index contributed by atoms with van der Waals surface area (Å²) >= 11 is 0. The minimum absolute atomic E-state index is 0.127. The molecular formula is C17H15FN4O4. The molecular weight excluding hydrogens is 343 g/mol. The number of carbonyl (C=O) groups excluding carboxylic acids is 1. The fraction of sp³-hybridized carbons (Fsp3) is 0.176. The Kier molecular flexibility index (Phi) is 4.78. The minimum atomic E-state index is -1.20. The Labute approximate surface area is 146 Å². The molecule has 134 valence electrons. The van der Waals surface area contributed by atoms with Gasteiger partial charge in [-0.2, -0.15) is 5.10 Å². The lowest BCUT2D eigenvalue weighted by Gasteiger charge is -2.10. The standard InChI is InChI=1S/C17H15FN4O4/c18-11-4-1-10(2-5-11)3-6-12-7-13(23)15(16-20-9-21-22(12)16)17(26)19-8-14(24)25/h1-2,4-5,7,9,23H,3,6,8H2,(H,19,26)(H,24,25). The fourth-order valence-corrected chi connectivity index (χ4v) is 2.59. The topological polar surface area (TPSA) is 117 Å². The van der Waals surface area contributed by atoms with Gasteiger partial charge in [-0.05, 0) is 30.5 Å². The van der Waals surface area contributed by atoms with Crippen LogP contribution >= 0.6 is 0 Å². The lowest BCUT2D eigenvalue weighted by Crippen LogP contribution is -2.30. The summed E-state index contributed by atoms with van der Waals surface area (Å²) in [5, 5.41) is 25.1. The molecule has 0 radical (unpaired) electrons. The zero-order chi connectivity index (χ0) is 18.7. The van der Waals surface area contributed by atoms with Gasteiger partial charge in [-0.15, -0.1) is 0 Å². The summed E-state index contributed by atoms with van der Waals surface area (Å²) in [6, 6.07) is 7.46. The molecule has 0 bridgehead atoms. The molecule has 0 fully saturated rings. The van der Waals surface area contributed by atoms with E-state index in [2.05, 4.69) is 15.4 Å². The third-order valence-electron chi connectivity index (χ3n) is 3.81. The maximum absolute atomic E-state index is 13.0. The van der Waals surface area contributed by atoms with Crippen molar-refractivity contribution in [1.82, 2.24) is 19.9 Å². The molecule has 8 nitrogen and oxygen atoms in total. The number of rotatable bonds is 6. The number of nitrogens with one attached hydrogen (secondary N) is 1. The Hall–Kier alpha value is -3.49. The van der Waals surface area contributed by atoms with E-state index >= 15 is 0 Å². The molecule has 2 aromatic heterocycles. The van der Waals surface area contributed by atoms with Crippen molar-refractivity contribution in [2.45, 2.75) is 12.8 Å². The monoisotopic (exact) mass is 358 g/mol. The number of aromatic hydroxyl groups is 1. The number of aryl methyl sites for hydroxylation is 2. The van der Waals surface area contributed by atoms with Crippen molar-refractivity contribution in [1.29, 1.82) is 0 Å². The summed E-state index contributed by atoms with van der Waals surface area (Å²) in [7, 11) is 0. The highest BCUT2D eigenvalue weighted by Crippen LogP contribution is 2.24. The second kappa shape index (κ2) is 7.18. The van der Waals surface area contributed by atoms with Gasteiger partial charge in [0.15, 0.2) is 5.65 Å². The molecule has 3 aromatic rings. The van der Waals surface area contributed by atoms with Gasteiger partial charge in [-0.25, -0.2) is 13.9 Å². The van der Waals surface area contributed by atoms with E-state index in [9.17, 15) is 19.1 Å². The number of aliphatic carboxylic acids is 1. The number of fused-ring (bicyclic) bond motifs is 1. The van der Waals surface area contributed by atoms with Crippen LogP contribution in [0.3, 0.4) is 0 Å². The number of hydrogen-bond acceptors (Lipinski definition) is 5. The first-order valence-corrected chi connectivity index (χ1v) is 7.74. The van der Waals surface area contributed by atoms with Crippen LogP contribution in [0, 0.1) is 5.82 Å². The number of carbonyl (C=O) groups is 2. The Balaban J connectivity index is 1.87. The molecule has 0 aliphatic heterocycles. The molecule has 0 atom stereocenters. The van der Waals surface area contributed by atoms with E-state index in [0.29, 0.717) is 18.5 Å². The predicted octanol–water partition coefficient (Wildman–Crippen LogP) is 1.17. The number of halogens is 1. The van der Waals surface area contributed by atoms with Crippen LogP contribution < -0.4 is 5.32 Å². The highest BCUT2D eigenvalue weighted by atomic mass is 19.1. The van der Waals surface area contributed by atoms with Gasteiger partial charge in [-0.1, -0.05) is 12.1 Å². The van der Waals surface area contributed by atoms with Gasteiger partial charge >= 0.3 is 5.97 Å². The molecule has 0 unspecified atom stereocenters. The molecule has 2 heterocycles. The first kappa shape index (κ1) is 17.3. The second-order valence-corrected chi connectivity index (χ2v) is 5.59. The van der Waals surface area contributed by atoms with Crippen LogP contribution in [0.15, 0.2) is 36.7 Å². The Morgan fingerprint density at radius 1 is 1.19 bits per heavy atom. The van der Waals surface area contributed by atoms with Gasteiger partial charge in [0, 0.05) is 11.8 Å². The molecule has 0 saturated heterocycles. The minimum Gasteiger partial charge on any atom is -0.507 e. The average molecular weight is 358 g/mol. The highest BCUT2D eigenvalue weighted by molar-refractivity contribution is 6.03. The van der Waals surface area contributed by atoms with E-state index in [1.165, 1.54) is 29.0 Å². The number of carboxylic acid groups (broad SMARTS) is 1. The summed E-state index contributed by atoms with van der Waals surface area (Å²) in [6.07, 6.45) is 2.28. The van der Waals surface area contributed by atoms with Gasteiger partial charge in [0.25, 0.3) is 5.91 Å². The zero-order valence-corrected chi connectivity index (χ0v) is 13.5. The molecule has 0 spiro atoms. The second-order valence-electron chi connectivity index (χ2n) is 5.59. The third-order valence-corrected chi connectivity index (χ3v) is 3.81. The van der Waals surface area contributed by atoms with E-state index in [0.717, 1.165) is 5.56 Å². The van der Waals surface area contributed by atoms with Gasteiger partial charge in [-0.3, -0.25) is 9.59 Å². The average Bonchev–Trinajstić information content (AvgIpc) is 3.08. The summed E-state index contributed by atoms with van der Waals surface area (Å²) in [5.74, 6) is -2.59. The van der Waals surface area contributed by atoms with Gasteiger partial charge in [0.2, 0.25) is 0 Å². The lowest BCUT2D eigenvalue weighted by atomic mass is 10.1. The van der Waals surface area contributed by atoms with Crippen LogP contribution in [0.5, 0.6) is 5.75 Å². The molecule has 0 aliphatic rings. The maximum atomic E-state index is 13.0. The van der Waals surface area contributed by atoms with Gasteiger partial charge in [0.1, 0.15) is 30.0 Å². The molecule has 3 N–H and O–H groups in total. The summed E-state index contributed by atoms with van der Waals surface area (Å²) in [5.41, 5.74) is 1.49. The van der Waals surface area contributed by atoms with Crippen molar-refractivity contribution in [3.63, 3.8) is 0 Å². The van der Waals surface area contributed by atoms with E-state index in [1.54, 1.807) is 12.1 Å². The number of aromatic nitrogens is 3. The molecule has 3 rings (SSSR count). The third kappa shape index (κ3) is 3.61. The number of benzene rings is 1. The van der Waals surface area contributed by atoms with Crippen LogP contribution in [-0.2, 0) is 17.6 Å². The molecule has 1 aromatic carbocycles. The van der Waals surface area contributed by atoms with Crippen molar-refractivity contribution in [3.8, 4) is 5.75 Å². The molecule has 0 aliphatic carbocycles. The Bertz CT molecular complexity index is 969. The van der Waals surface area contributed by atoms with E-state index < -0.39 is 18.4 Å². The van der Waals surface area contributed by atoms with Crippen molar-refractivity contribution >= 4 is 17.5 Å². The number of pyridine rings is 1. The Morgan fingerprint density at radius 2 is 1.92 bits per heavy atom. The van der Waals surface area contributed by atoms with E-state index in [4.69, 9.17) is 5.11 Å². The van der Waals surface area contributed by atoms with Crippen LogP contribution in [0.4, 0.5) is 4.39 Å². The Morgan fingerprint density at radius 3 is 2.62 bits per heavy atom. The van der Waals surface area contributed by atoms with Crippen LogP contribution in [-0.4, -0.2) is 43.2 Å². The molecule has 0 saturated carbocycles. The van der Waals surface area contributed by atoms with Gasteiger partial charge in [0.05, 0.1) is 0 Å². The zero-order valence-electron chi connectivity index (χ0n) is 13.5. The fourth-order valence-electron chi connectivity index (χ4n) is 2.59. The molecule has 26 heavy (non-hydrogen) atoms. The lowest BCUT2D eigenvalue weighted by molar-refractivity contribution is -0.135. The SMILES string of the molecule is O=C(O)CNC(=O)c1c(O)cc(CCc2ccc(F)cc2)n2ncnc12. The van der Waals surface area contributed by atoms with Crippen molar-refractivity contribution in [2.24, 2.45) is 0 Å². The summed E-state index contributed by atoms with van der Waals surface area (Å²) in [4.78, 5) is 26.7. The molecule has 9 heteroatoms. The van der Waals surface area contributed by atoms with Crippen LogP contribution in [0.1, 0.15) is 21.6 Å². The normalized spacial score (nSPS) is 10.8. The molecule has 1 amide bonds. The predicted molar refractivity (Wildman–Crippen MR) is 88.4 cm³/mol. The quantitative estimate of drug-likeness (QED) is 0.609. The smallest absolute Gasteiger partial charge is 0.322 e. The number of amides is 1. The first-order valence-electron chi connectivity index (χ1n) is 7.74. The van der Waals surface area contributed by atoms with Crippen molar-refractivity contribution in [3.05, 3.63) is 59.3 Å². The van der Waals surface area contributed by atoms with Crippen LogP contribution in [0.25, 0.3) is 5.65 Å². The van der Waals surface area contributed by atoms with Crippen LogP contribution in [0.2, 0.25) is 0 Å². The van der Waals surface area contributed by atoms with E-state index in [1.807, 2.05) is 0 Å². The number of hydrogen-bond donors (Lipinski definition) is 3. The van der Waals surface area contributed by atoms with Gasteiger partial charge < -0.3 is 15.5 Å². The number of nitrogens with zero attached hydrogens (tertiary/aromatic N) is 3. The van der Waals surface area contributed by atoms with Crippen molar-refractivity contribution < 1.29 is 24.2 Å². The maximum Gasteiger partial charge on any atom is 0.322 e. The summed E-state index contributed by atoms with van der Waals surface area (Å²) < 4.78 is 14.4. The first-order chi connectivity index (χ1) is 12.5. The van der Waals surface area contributed by atoms with Crippen molar-refractivity contribution in [2.75, 3.05) is 6.54 Å². The van der Waals surface area contributed by atoms with E-state index in [-0.39, 0.29) is 22.8 Å². The largest absolute Gasteiger partial charge is 0.507 e.